The molecule has 5 aliphatic rings. The van der Waals surface area contributed by atoms with Crippen LogP contribution < -0.4 is 4.74 Å². The van der Waals surface area contributed by atoms with Crippen molar-refractivity contribution in [1.29, 1.82) is 0 Å². The molecule has 1 aliphatic heterocycles. The predicted molar refractivity (Wildman–Crippen MR) is 93.1 cm³/mol. The fraction of sp³-hybridized carbons (Fsp3) is 0.450. The maximum atomic E-state index is 13.0. The normalized spacial score (nSPS) is 37.4. The molecule has 0 N–H and O–H groups in total. The molecule has 2 saturated carbocycles. The maximum absolute atomic E-state index is 13.0. The Hall–Kier alpha value is -2.14. The van der Waals surface area contributed by atoms with Gasteiger partial charge in [-0.2, -0.15) is 0 Å². The molecule has 0 radical (unpaired) electrons. The number of nitrogens with zero attached hydrogens (tertiary/aromatic N) is 1. The van der Waals surface area contributed by atoms with Gasteiger partial charge in [0.05, 0.1) is 16.9 Å². The summed E-state index contributed by atoms with van der Waals surface area (Å²) in [6.07, 6.45) is 5.34. The summed E-state index contributed by atoms with van der Waals surface area (Å²) in [7, 11) is 0. The lowest BCUT2D eigenvalue weighted by Crippen LogP contribution is -2.45. The van der Waals surface area contributed by atoms with Crippen LogP contribution in [-0.4, -0.2) is 28.7 Å². The highest BCUT2D eigenvalue weighted by Gasteiger charge is 2.67. The third-order valence-electron chi connectivity index (χ3n) is 6.47. The minimum absolute atomic E-state index is 0.142. The Balaban J connectivity index is 1.39. The zero-order chi connectivity index (χ0) is 18.2. The SMILES string of the molecule is C[C@H](C(=O)Oc1ccccc1Cl)N1C(=O)[C@H]2[C@@H]3C=C[C@H]([C@H]4C[C@H]34)[C@@H]2C1=O. The number of hydrogen-bond donors (Lipinski definition) is 0. The molecule has 6 rings (SSSR count). The van der Waals surface area contributed by atoms with Crippen LogP contribution in [0, 0.1) is 35.5 Å². The summed E-state index contributed by atoms with van der Waals surface area (Å²) in [4.78, 5) is 39.7. The topological polar surface area (TPSA) is 63.7 Å². The summed E-state index contributed by atoms with van der Waals surface area (Å²) in [5, 5.41) is 0.308. The molecule has 5 nitrogen and oxygen atoms in total. The molecule has 1 aromatic carbocycles. The van der Waals surface area contributed by atoms with Crippen molar-refractivity contribution < 1.29 is 19.1 Å². The summed E-state index contributed by atoms with van der Waals surface area (Å²) in [6.45, 7) is 1.54. The molecule has 0 spiro atoms. The zero-order valence-electron chi connectivity index (χ0n) is 14.2. The first-order valence-corrected chi connectivity index (χ1v) is 9.38. The first-order chi connectivity index (χ1) is 12.5. The van der Waals surface area contributed by atoms with E-state index in [4.69, 9.17) is 16.3 Å². The van der Waals surface area contributed by atoms with E-state index in [-0.39, 0.29) is 41.2 Å². The van der Waals surface area contributed by atoms with Crippen LogP contribution >= 0.6 is 11.6 Å². The number of halogens is 1. The van der Waals surface area contributed by atoms with E-state index in [1.165, 1.54) is 0 Å². The van der Waals surface area contributed by atoms with Crippen LogP contribution in [0.3, 0.4) is 0 Å². The number of esters is 1. The predicted octanol–water partition coefficient (Wildman–Crippen LogP) is 2.69. The number of allylic oxidation sites excluding steroid dienone is 2. The summed E-state index contributed by atoms with van der Waals surface area (Å²) in [6, 6.07) is 5.67. The van der Waals surface area contributed by atoms with E-state index in [9.17, 15) is 14.4 Å². The fourth-order valence-corrected chi connectivity index (χ4v) is 5.36. The van der Waals surface area contributed by atoms with E-state index >= 15 is 0 Å². The highest BCUT2D eigenvalue weighted by Crippen LogP contribution is 2.65. The van der Waals surface area contributed by atoms with E-state index in [0.29, 0.717) is 16.9 Å². The van der Waals surface area contributed by atoms with Crippen LogP contribution in [-0.2, 0) is 14.4 Å². The summed E-state index contributed by atoms with van der Waals surface area (Å²) >= 11 is 6.02. The van der Waals surface area contributed by atoms with Crippen LogP contribution in [0.2, 0.25) is 5.02 Å². The minimum atomic E-state index is -0.965. The number of hydrogen-bond acceptors (Lipinski definition) is 4. The number of likely N-dealkylation sites (tertiary alicyclic amines) is 1. The van der Waals surface area contributed by atoms with Crippen LogP contribution in [0.15, 0.2) is 36.4 Å². The standard InChI is InChI=1S/C20H18ClNO4/c1-9(20(25)26-15-5-3-2-4-14(15)21)22-18(23)16-10-6-7-11(13-8-12(10)13)17(16)19(22)24/h2-7,9-13,16-17H,8H2,1H3/t9-,10-,11-,12-,13-,16+,17+/m1/s1. The fourth-order valence-electron chi connectivity index (χ4n) is 5.19. The molecule has 4 aliphatic carbocycles. The molecule has 0 aromatic heterocycles. The monoisotopic (exact) mass is 371 g/mol. The lowest BCUT2D eigenvalue weighted by atomic mass is 9.63. The Labute approximate surface area is 155 Å². The Bertz CT molecular complexity index is 829. The van der Waals surface area contributed by atoms with E-state index in [0.717, 1.165) is 11.3 Å². The first kappa shape index (κ1) is 16.1. The minimum Gasteiger partial charge on any atom is -0.423 e. The van der Waals surface area contributed by atoms with Crippen molar-refractivity contribution in [3.05, 3.63) is 41.4 Å². The molecule has 1 aromatic rings. The van der Waals surface area contributed by atoms with Crippen LogP contribution in [0.5, 0.6) is 5.75 Å². The largest absolute Gasteiger partial charge is 0.423 e. The molecular weight excluding hydrogens is 354 g/mol. The van der Waals surface area contributed by atoms with Gasteiger partial charge >= 0.3 is 5.97 Å². The van der Waals surface area contributed by atoms with Gasteiger partial charge < -0.3 is 4.74 Å². The molecule has 1 saturated heterocycles. The number of carbonyl (C=O) groups excluding carboxylic acids is 3. The molecule has 26 heavy (non-hydrogen) atoms. The number of amides is 2. The molecule has 6 heteroatoms. The Morgan fingerprint density at radius 1 is 1.12 bits per heavy atom. The molecule has 134 valence electrons. The van der Waals surface area contributed by atoms with Gasteiger partial charge in [-0.25, -0.2) is 4.79 Å². The van der Waals surface area contributed by atoms with Gasteiger partial charge in [-0.1, -0.05) is 35.9 Å². The quantitative estimate of drug-likeness (QED) is 0.354. The third-order valence-corrected chi connectivity index (χ3v) is 6.78. The van der Waals surface area contributed by atoms with Crippen molar-refractivity contribution in [3.8, 4) is 5.75 Å². The second-order valence-corrected chi connectivity index (χ2v) is 8.14. The van der Waals surface area contributed by atoms with Crippen molar-refractivity contribution in [3.63, 3.8) is 0 Å². The van der Waals surface area contributed by atoms with E-state index in [2.05, 4.69) is 12.2 Å². The highest BCUT2D eigenvalue weighted by atomic mass is 35.5. The van der Waals surface area contributed by atoms with Gasteiger partial charge in [0.25, 0.3) is 0 Å². The van der Waals surface area contributed by atoms with Gasteiger partial charge in [0.1, 0.15) is 11.8 Å². The zero-order valence-corrected chi connectivity index (χ0v) is 14.9. The van der Waals surface area contributed by atoms with Crippen molar-refractivity contribution in [2.75, 3.05) is 0 Å². The molecular formula is C20H18ClNO4. The van der Waals surface area contributed by atoms with Crippen molar-refractivity contribution in [2.45, 2.75) is 19.4 Å². The van der Waals surface area contributed by atoms with Gasteiger partial charge in [0.15, 0.2) is 0 Å². The molecule has 0 unspecified atom stereocenters. The van der Waals surface area contributed by atoms with E-state index < -0.39 is 12.0 Å². The van der Waals surface area contributed by atoms with Crippen molar-refractivity contribution in [2.24, 2.45) is 35.5 Å². The third kappa shape index (κ3) is 2.07. The van der Waals surface area contributed by atoms with Crippen molar-refractivity contribution >= 4 is 29.4 Å². The number of ether oxygens (including phenoxy) is 1. The van der Waals surface area contributed by atoms with E-state index in [1.807, 2.05) is 0 Å². The van der Waals surface area contributed by atoms with Crippen molar-refractivity contribution in [1.82, 2.24) is 4.90 Å². The van der Waals surface area contributed by atoms with Crippen LogP contribution in [0.4, 0.5) is 0 Å². The van der Waals surface area contributed by atoms with Gasteiger partial charge in [-0.15, -0.1) is 0 Å². The number of imide groups is 1. The Morgan fingerprint density at radius 3 is 2.27 bits per heavy atom. The van der Waals surface area contributed by atoms with Gasteiger partial charge in [-0.3, -0.25) is 14.5 Å². The molecule has 2 bridgehead atoms. The molecule has 3 fully saturated rings. The average Bonchev–Trinajstić information content (AvgIpc) is 3.41. The molecule has 1 heterocycles. The second-order valence-electron chi connectivity index (χ2n) is 7.73. The smallest absolute Gasteiger partial charge is 0.334 e. The summed E-state index contributed by atoms with van der Waals surface area (Å²) in [5.41, 5.74) is 0. The Morgan fingerprint density at radius 2 is 1.69 bits per heavy atom. The highest BCUT2D eigenvalue weighted by molar-refractivity contribution is 6.32. The van der Waals surface area contributed by atoms with Crippen LogP contribution in [0.1, 0.15) is 13.3 Å². The Kier molecular flexibility index (Phi) is 3.35. The lowest BCUT2D eigenvalue weighted by molar-refractivity contribution is -0.152. The number of benzene rings is 1. The van der Waals surface area contributed by atoms with Gasteiger partial charge in [0.2, 0.25) is 11.8 Å². The average molecular weight is 372 g/mol. The number of para-hydroxylation sites is 1. The number of carbonyl (C=O) groups is 3. The number of rotatable bonds is 3. The second kappa shape index (κ2) is 5.43. The summed E-state index contributed by atoms with van der Waals surface area (Å²) in [5.74, 6) is -0.141. The lowest BCUT2D eigenvalue weighted by Gasteiger charge is -2.37. The maximum Gasteiger partial charge on any atom is 0.334 e. The van der Waals surface area contributed by atoms with Gasteiger partial charge in [0, 0.05) is 0 Å². The van der Waals surface area contributed by atoms with Crippen LogP contribution in [0.25, 0.3) is 0 Å². The summed E-state index contributed by atoms with van der Waals surface area (Å²) < 4.78 is 5.34. The van der Waals surface area contributed by atoms with E-state index in [1.54, 1.807) is 31.2 Å². The van der Waals surface area contributed by atoms with Gasteiger partial charge in [-0.05, 0) is 49.1 Å². The first-order valence-electron chi connectivity index (χ1n) is 9.00. The molecule has 7 atom stereocenters. The molecule has 2 amide bonds.